The summed E-state index contributed by atoms with van der Waals surface area (Å²) in [5.74, 6) is -0.202. The van der Waals surface area contributed by atoms with Gasteiger partial charge >= 0.3 is 6.36 Å². The first-order valence-corrected chi connectivity index (χ1v) is 7.21. The number of hydrogen-bond acceptors (Lipinski definition) is 3. The van der Waals surface area contributed by atoms with Gasteiger partial charge < -0.3 is 10.5 Å². The molecule has 1 unspecified atom stereocenters. The molecule has 0 heterocycles. The number of nitrogens with two attached hydrogens (primary N) is 1. The molecule has 0 aliphatic carbocycles. The zero-order valence-electron chi connectivity index (χ0n) is 12.5. The van der Waals surface area contributed by atoms with Gasteiger partial charge in [-0.25, -0.2) is 0 Å². The average Bonchev–Trinajstić information content (AvgIpc) is 2.38. The van der Waals surface area contributed by atoms with Gasteiger partial charge in [0.15, 0.2) is 0 Å². The Balaban J connectivity index is 2.96. The molecule has 0 amide bonds. The number of rotatable bonds is 8. The second-order valence-corrected chi connectivity index (χ2v) is 4.91. The van der Waals surface area contributed by atoms with Gasteiger partial charge in [-0.3, -0.25) is 4.90 Å². The van der Waals surface area contributed by atoms with Gasteiger partial charge in [0.25, 0.3) is 0 Å². The molecule has 0 saturated heterocycles. The van der Waals surface area contributed by atoms with E-state index in [4.69, 9.17) is 5.73 Å². The van der Waals surface area contributed by atoms with Crippen LogP contribution in [-0.2, 0) is 0 Å². The van der Waals surface area contributed by atoms with Crippen LogP contribution in [0.4, 0.5) is 13.2 Å². The maximum absolute atomic E-state index is 12.3. The fourth-order valence-electron chi connectivity index (χ4n) is 2.41. The second-order valence-electron chi connectivity index (χ2n) is 4.91. The molecular formula is C15H23F3N2O. The van der Waals surface area contributed by atoms with Gasteiger partial charge in [-0.05, 0) is 43.6 Å². The SMILES string of the molecule is CCCN(CCC)C(CN)c1cccc(OC(F)(F)F)c1. The molecule has 6 heteroatoms. The van der Waals surface area contributed by atoms with E-state index in [1.54, 1.807) is 12.1 Å². The van der Waals surface area contributed by atoms with Crippen molar-refractivity contribution < 1.29 is 17.9 Å². The number of alkyl halides is 3. The van der Waals surface area contributed by atoms with Crippen molar-refractivity contribution in [1.29, 1.82) is 0 Å². The summed E-state index contributed by atoms with van der Waals surface area (Å²) in [5, 5.41) is 0. The number of nitrogens with zero attached hydrogens (tertiary/aromatic N) is 1. The van der Waals surface area contributed by atoms with Crippen LogP contribution in [-0.4, -0.2) is 30.9 Å². The smallest absolute Gasteiger partial charge is 0.406 e. The van der Waals surface area contributed by atoms with Crippen molar-refractivity contribution in [3.05, 3.63) is 29.8 Å². The molecule has 0 bridgehead atoms. The highest BCUT2D eigenvalue weighted by Gasteiger charge is 2.31. The van der Waals surface area contributed by atoms with Crippen LogP contribution in [0, 0.1) is 0 Å². The van der Waals surface area contributed by atoms with Gasteiger partial charge in [0.05, 0.1) is 0 Å². The molecule has 0 aromatic heterocycles. The van der Waals surface area contributed by atoms with E-state index in [2.05, 4.69) is 23.5 Å². The van der Waals surface area contributed by atoms with Crippen LogP contribution < -0.4 is 10.5 Å². The Morgan fingerprint density at radius 1 is 1.19 bits per heavy atom. The monoisotopic (exact) mass is 304 g/mol. The van der Waals surface area contributed by atoms with E-state index < -0.39 is 6.36 Å². The number of halogens is 3. The Hall–Kier alpha value is -1.27. The van der Waals surface area contributed by atoms with Gasteiger partial charge in [-0.15, -0.1) is 13.2 Å². The summed E-state index contributed by atoms with van der Waals surface area (Å²) < 4.78 is 40.9. The maximum atomic E-state index is 12.3. The number of benzene rings is 1. The summed E-state index contributed by atoms with van der Waals surface area (Å²) in [7, 11) is 0. The molecule has 2 N–H and O–H groups in total. The van der Waals surface area contributed by atoms with Gasteiger partial charge in [-0.2, -0.15) is 0 Å². The molecule has 0 fully saturated rings. The highest BCUT2D eigenvalue weighted by Crippen LogP contribution is 2.27. The van der Waals surface area contributed by atoms with Crippen molar-refractivity contribution in [2.24, 2.45) is 5.73 Å². The molecule has 0 spiro atoms. The van der Waals surface area contributed by atoms with Gasteiger partial charge in [0, 0.05) is 12.6 Å². The predicted molar refractivity (Wildman–Crippen MR) is 77.1 cm³/mol. The van der Waals surface area contributed by atoms with Crippen molar-refractivity contribution in [2.75, 3.05) is 19.6 Å². The van der Waals surface area contributed by atoms with Crippen LogP contribution in [0.25, 0.3) is 0 Å². The molecule has 1 rings (SSSR count). The number of hydrogen-bond donors (Lipinski definition) is 1. The van der Waals surface area contributed by atoms with E-state index in [1.807, 2.05) is 0 Å². The van der Waals surface area contributed by atoms with Gasteiger partial charge in [-0.1, -0.05) is 26.0 Å². The predicted octanol–water partition coefficient (Wildman–Crippen LogP) is 3.71. The Morgan fingerprint density at radius 3 is 2.29 bits per heavy atom. The first-order chi connectivity index (χ1) is 9.91. The first-order valence-electron chi connectivity index (χ1n) is 7.21. The largest absolute Gasteiger partial charge is 0.573 e. The van der Waals surface area contributed by atoms with Crippen LogP contribution >= 0.6 is 0 Å². The summed E-state index contributed by atoms with van der Waals surface area (Å²) in [6, 6.07) is 5.98. The summed E-state index contributed by atoms with van der Waals surface area (Å²) in [5.41, 5.74) is 6.59. The molecule has 21 heavy (non-hydrogen) atoms. The summed E-state index contributed by atoms with van der Waals surface area (Å²) in [6.07, 6.45) is -2.74. The molecule has 1 aromatic carbocycles. The summed E-state index contributed by atoms with van der Waals surface area (Å²) >= 11 is 0. The van der Waals surface area contributed by atoms with E-state index in [0.717, 1.165) is 31.5 Å². The second kappa shape index (κ2) is 8.24. The molecule has 0 aliphatic heterocycles. The molecule has 1 aromatic rings. The normalized spacial score (nSPS) is 13.5. The highest BCUT2D eigenvalue weighted by atomic mass is 19.4. The summed E-state index contributed by atoms with van der Waals surface area (Å²) in [4.78, 5) is 2.20. The minimum atomic E-state index is -4.68. The average molecular weight is 304 g/mol. The van der Waals surface area contributed by atoms with E-state index in [0.29, 0.717) is 6.54 Å². The molecule has 3 nitrogen and oxygen atoms in total. The Labute approximate surface area is 123 Å². The zero-order valence-corrected chi connectivity index (χ0v) is 12.5. The third-order valence-corrected chi connectivity index (χ3v) is 3.16. The molecule has 0 saturated carbocycles. The third kappa shape index (κ3) is 5.93. The van der Waals surface area contributed by atoms with Crippen molar-refractivity contribution in [3.63, 3.8) is 0 Å². The van der Waals surface area contributed by atoms with Crippen molar-refractivity contribution in [2.45, 2.75) is 39.1 Å². The van der Waals surface area contributed by atoms with Crippen LogP contribution in [0.2, 0.25) is 0 Å². The van der Waals surface area contributed by atoms with Crippen molar-refractivity contribution >= 4 is 0 Å². The van der Waals surface area contributed by atoms with E-state index in [-0.39, 0.29) is 11.8 Å². The van der Waals surface area contributed by atoms with E-state index in [1.165, 1.54) is 12.1 Å². The fraction of sp³-hybridized carbons (Fsp3) is 0.600. The minimum absolute atomic E-state index is 0.0957. The Morgan fingerprint density at radius 2 is 1.81 bits per heavy atom. The molecule has 0 aliphatic rings. The topological polar surface area (TPSA) is 38.5 Å². The first kappa shape index (κ1) is 17.8. The third-order valence-electron chi connectivity index (χ3n) is 3.16. The quantitative estimate of drug-likeness (QED) is 0.795. The van der Waals surface area contributed by atoms with Gasteiger partial charge in [0.1, 0.15) is 5.75 Å². The lowest BCUT2D eigenvalue weighted by Crippen LogP contribution is -2.35. The van der Waals surface area contributed by atoms with Crippen LogP contribution in [0.3, 0.4) is 0 Å². The summed E-state index contributed by atoms with van der Waals surface area (Å²) in [6.45, 7) is 6.22. The maximum Gasteiger partial charge on any atom is 0.573 e. The molecular weight excluding hydrogens is 281 g/mol. The lowest BCUT2D eigenvalue weighted by atomic mass is 10.0. The van der Waals surface area contributed by atoms with E-state index >= 15 is 0 Å². The lowest BCUT2D eigenvalue weighted by Gasteiger charge is -2.31. The van der Waals surface area contributed by atoms with Crippen LogP contribution in [0.15, 0.2) is 24.3 Å². The Bertz CT molecular complexity index is 418. The highest BCUT2D eigenvalue weighted by molar-refractivity contribution is 5.31. The van der Waals surface area contributed by atoms with E-state index in [9.17, 15) is 13.2 Å². The standard InChI is InChI=1S/C15H23F3N2O/c1-3-8-20(9-4-2)14(11-19)12-6-5-7-13(10-12)21-15(16,17)18/h5-7,10,14H,3-4,8-9,11,19H2,1-2H3. The fourth-order valence-corrected chi connectivity index (χ4v) is 2.41. The minimum Gasteiger partial charge on any atom is -0.406 e. The molecule has 120 valence electrons. The zero-order chi connectivity index (χ0) is 15.9. The van der Waals surface area contributed by atoms with Crippen LogP contribution in [0.5, 0.6) is 5.75 Å². The Kier molecular flexibility index (Phi) is 6.98. The molecule has 0 radical (unpaired) electrons. The number of ether oxygens (including phenoxy) is 1. The van der Waals surface area contributed by atoms with Crippen molar-refractivity contribution in [3.8, 4) is 5.75 Å². The van der Waals surface area contributed by atoms with Crippen LogP contribution in [0.1, 0.15) is 38.3 Å². The van der Waals surface area contributed by atoms with Crippen molar-refractivity contribution in [1.82, 2.24) is 4.90 Å². The lowest BCUT2D eigenvalue weighted by molar-refractivity contribution is -0.274. The van der Waals surface area contributed by atoms with Gasteiger partial charge in [0.2, 0.25) is 0 Å². The molecule has 1 atom stereocenters.